The van der Waals surface area contributed by atoms with Crippen LogP contribution in [0.2, 0.25) is 0 Å². The Morgan fingerprint density at radius 3 is 2.76 bits per heavy atom. The molecule has 4 aliphatic rings. The highest BCUT2D eigenvalue weighted by Crippen LogP contribution is 2.45. The van der Waals surface area contributed by atoms with E-state index >= 15 is 4.39 Å². The third kappa shape index (κ3) is 5.94. The van der Waals surface area contributed by atoms with E-state index in [-0.39, 0.29) is 30.5 Å². The van der Waals surface area contributed by atoms with Gasteiger partial charge in [-0.15, -0.1) is 5.92 Å². The molecule has 1 unspecified atom stereocenters. The van der Waals surface area contributed by atoms with E-state index in [0.717, 1.165) is 49.7 Å². The summed E-state index contributed by atoms with van der Waals surface area (Å²) in [4.78, 5) is 28.0. The van der Waals surface area contributed by atoms with Gasteiger partial charge in [-0.1, -0.05) is 18.1 Å². The Morgan fingerprint density at radius 1 is 1.22 bits per heavy atom. The first-order valence-corrected chi connectivity index (χ1v) is 16.5. The maximum Gasteiger partial charge on any atom is 0.418 e. The zero-order chi connectivity index (χ0) is 35.5. The summed E-state index contributed by atoms with van der Waals surface area (Å²) in [6.45, 7) is 8.73. The van der Waals surface area contributed by atoms with E-state index in [4.69, 9.17) is 25.2 Å². The van der Waals surface area contributed by atoms with Crippen LogP contribution in [0.1, 0.15) is 76.4 Å². The number of rotatable bonds is 6. The van der Waals surface area contributed by atoms with E-state index in [1.165, 1.54) is 11.8 Å². The number of nitrogen functional groups attached to an aromatic ring is 1. The molecule has 3 aromatic rings. The lowest BCUT2D eigenvalue weighted by Gasteiger charge is -2.34. The minimum atomic E-state index is -4.93. The van der Waals surface area contributed by atoms with Crippen molar-refractivity contribution in [2.75, 3.05) is 51.0 Å². The molecule has 1 amide bonds. The van der Waals surface area contributed by atoms with Crippen molar-refractivity contribution < 1.29 is 31.8 Å². The average molecular weight is 695 g/mol. The first kappa shape index (κ1) is 33.8. The maximum absolute atomic E-state index is 15.7. The van der Waals surface area contributed by atoms with Gasteiger partial charge in [-0.25, -0.2) is 4.39 Å². The van der Waals surface area contributed by atoms with Gasteiger partial charge in [-0.2, -0.15) is 28.2 Å². The Labute approximate surface area is 287 Å². The molecule has 2 saturated heterocycles. The first-order chi connectivity index (χ1) is 23.8. The zero-order valence-corrected chi connectivity index (χ0v) is 28.2. The number of fused-ring (bicyclic) bond motifs is 3. The fraction of sp³-hybridized carbons (Fsp3) is 0.486. The van der Waals surface area contributed by atoms with E-state index in [0.29, 0.717) is 49.0 Å². The van der Waals surface area contributed by atoms with E-state index in [1.54, 1.807) is 24.8 Å². The molecule has 0 saturated carbocycles. The molecule has 0 radical (unpaired) electrons. The van der Waals surface area contributed by atoms with Crippen LogP contribution in [0.3, 0.4) is 0 Å². The molecule has 50 heavy (non-hydrogen) atoms. The van der Waals surface area contributed by atoms with Crippen LogP contribution in [0, 0.1) is 17.7 Å². The number of aromatic nitrogens is 4. The molecule has 7 rings (SSSR count). The maximum atomic E-state index is 15.7. The SMILES string of the molecule is C=C1CN2CCC[C@@]2(COc2nc3c(c(N4CCn5nc(C(=O)N(C)C)cc5C4)n2)COC(c2c(F)c(N)cc(C#CC)c2C(F)(F)F)C3)C1. The third-order valence-corrected chi connectivity index (χ3v) is 9.98. The molecule has 2 fully saturated rings. The Balaban J connectivity index is 1.27. The standard InChI is InChI=1S/C35H38F4N8O3/c1-5-7-21-12-24(40)30(36)28(29(21)35(37,38)39)27-14-25-23(18-49-27)31(45-10-11-47-22(17-45)13-26(43-47)32(48)44(3)4)42-33(41-25)50-19-34-8-6-9-46(34)16-20(2)15-34/h12-13,27H,2,6,8-11,14-19,40H2,1,3-4H3/t27?,34-/m0/s1. The van der Waals surface area contributed by atoms with E-state index in [2.05, 4.69) is 28.4 Å². The number of halogens is 4. The molecule has 2 aromatic heterocycles. The van der Waals surface area contributed by atoms with Gasteiger partial charge >= 0.3 is 12.2 Å². The van der Waals surface area contributed by atoms with Gasteiger partial charge in [0.1, 0.15) is 12.4 Å². The van der Waals surface area contributed by atoms with Crippen molar-refractivity contribution in [3.63, 3.8) is 0 Å². The number of hydrogen-bond donors (Lipinski definition) is 1. The number of hydrogen-bond acceptors (Lipinski definition) is 9. The molecule has 6 heterocycles. The summed E-state index contributed by atoms with van der Waals surface area (Å²) in [6, 6.07) is 2.72. The lowest BCUT2D eigenvalue weighted by Crippen LogP contribution is -2.43. The molecule has 264 valence electrons. The van der Waals surface area contributed by atoms with Crippen LogP contribution in [0.15, 0.2) is 24.3 Å². The number of alkyl halides is 3. The Hall–Kier alpha value is -4.68. The van der Waals surface area contributed by atoms with Crippen LogP contribution in [-0.4, -0.2) is 81.3 Å². The summed E-state index contributed by atoms with van der Waals surface area (Å²) < 4.78 is 73.4. The van der Waals surface area contributed by atoms with Crippen LogP contribution in [0.4, 0.5) is 29.1 Å². The summed E-state index contributed by atoms with van der Waals surface area (Å²) >= 11 is 0. The van der Waals surface area contributed by atoms with Crippen molar-refractivity contribution in [2.45, 2.75) is 70.1 Å². The third-order valence-electron chi connectivity index (χ3n) is 9.98. The largest absolute Gasteiger partial charge is 0.461 e. The van der Waals surface area contributed by atoms with Crippen molar-refractivity contribution in [3.05, 3.63) is 69.4 Å². The van der Waals surface area contributed by atoms with Gasteiger partial charge in [-0.3, -0.25) is 14.4 Å². The van der Waals surface area contributed by atoms with Crippen molar-refractivity contribution in [1.82, 2.24) is 29.5 Å². The molecule has 0 bridgehead atoms. The molecule has 15 heteroatoms. The lowest BCUT2D eigenvalue weighted by atomic mass is 9.90. The number of ether oxygens (including phenoxy) is 2. The smallest absolute Gasteiger partial charge is 0.418 e. The van der Waals surface area contributed by atoms with Crippen molar-refractivity contribution in [1.29, 1.82) is 0 Å². The fourth-order valence-corrected chi connectivity index (χ4v) is 7.71. The summed E-state index contributed by atoms with van der Waals surface area (Å²) in [6.07, 6.45) is -3.72. The highest BCUT2D eigenvalue weighted by molar-refractivity contribution is 5.92. The Morgan fingerprint density at radius 2 is 2.02 bits per heavy atom. The molecule has 2 N–H and O–H groups in total. The second-order valence-corrected chi connectivity index (χ2v) is 13.6. The van der Waals surface area contributed by atoms with Crippen LogP contribution in [0.25, 0.3) is 0 Å². The minimum Gasteiger partial charge on any atom is -0.461 e. The van der Waals surface area contributed by atoms with Gasteiger partial charge in [-0.05, 0) is 44.9 Å². The van der Waals surface area contributed by atoms with E-state index in [9.17, 15) is 18.0 Å². The number of benzene rings is 1. The minimum absolute atomic E-state index is 0.0716. The van der Waals surface area contributed by atoms with Crippen LogP contribution >= 0.6 is 0 Å². The lowest BCUT2D eigenvalue weighted by molar-refractivity contribution is -0.140. The fourth-order valence-electron chi connectivity index (χ4n) is 7.71. The van der Waals surface area contributed by atoms with Gasteiger partial charge in [0.15, 0.2) is 11.5 Å². The monoisotopic (exact) mass is 694 g/mol. The molecule has 0 spiro atoms. The molecule has 2 atom stereocenters. The summed E-state index contributed by atoms with van der Waals surface area (Å²) in [5.41, 5.74) is 6.05. The van der Waals surface area contributed by atoms with Crippen molar-refractivity contribution in [3.8, 4) is 17.9 Å². The zero-order valence-electron chi connectivity index (χ0n) is 28.2. The van der Waals surface area contributed by atoms with E-state index < -0.39 is 40.5 Å². The molecule has 1 aromatic carbocycles. The number of carbonyl (C=O) groups excluding carboxylic acids is 1. The summed E-state index contributed by atoms with van der Waals surface area (Å²) in [5, 5.41) is 4.48. The molecule has 4 aliphatic heterocycles. The van der Waals surface area contributed by atoms with Crippen molar-refractivity contribution >= 4 is 17.4 Å². The Kier molecular flexibility index (Phi) is 8.50. The Bertz CT molecular complexity index is 1950. The first-order valence-electron chi connectivity index (χ1n) is 16.5. The number of carbonyl (C=O) groups is 1. The highest BCUT2D eigenvalue weighted by atomic mass is 19.4. The number of nitrogens with two attached hydrogens (primary N) is 1. The van der Waals surface area contributed by atoms with Gasteiger partial charge in [0.05, 0.1) is 54.0 Å². The predicted octanol–water partition coefficient (Wildman–Crippen LogP) is 4.49. The molecular weight excluding hydrogens is 656 g/mol. The van der Waals surface area contributed by atoms with Crippen molar-refractivity contribution in [2.24, 2.45) is 0 Å². The predicted molar refractivity (Wildman–Crippen MR) is 176 cm³/mol. The number of anilines is 2. The van der Waals surface area contributed by atoms with Crippen LogP contribution in [0.5, 0.6) is 6.01 Å². The highest BCUT2D eigenvalue weighted by Gasteiger charge is 2.47. The van der Waals surface area contributed by atoms with Gasteiger partial charge in [0.2, 0.25) is 0 Å². The number of nitrogens with zero attached hydrogens (tertiary/aromatic N) is 7. The van der Waals surface area contributed by atoms with Crippen LogP contribution in [-0.2, 0) is 37.0 Å². The van der Waals surface area contributed by atoms with Gasteiger partial charge < -0.3 is 25.0 Å². The van der Waals surface area contributed by atoms with Gasteiger partial charge in [0.25, 0.3) is 5.91 Å². The molecule has 11 nitrogen and oxygen atoms in total. The van der Waals surface area contributed by atoms with E-state index in [1.807, 2.05) is 4.90 Å². The number of amides is 1. The average Bonchev–Trinajstić information content (AvgIpc) is 3.75. The van der Waals surface area contributed by atoms with Crippen LogP contribution < -0.4 is 15.4 Å². The normalized spacial score (nSPS) is 21.7. The molecule has 0 aliphatic carbocycles. The second kappa shape index (κ2) is 12.6. The van der Waals surface area contributed by atoms with Gasteiger partial charge in [0, 0.05) is 50.3 Å². The summed E-state index contributed by atoms with van der Waals surface area (Å²) in [7, 11) is 3.32. The topological polar surface area (TPSA) is 115 Å². The second-order valence-electron chi connectivity index (χ2n) is 13.6. The molecular formula is C35H38F4N8O3. The quantitative estimate of drug-likeness (QED) is 0.173. The summed E-state index contributed by atoms with van der Waals surface area (Å²) in [5.74, 6) is 3.97.